The molecule has 2 aromatic rings. The van der Waals surface area contributed by atoms with E-state index in [4.69, 9.17) is 5.73 Å². The first-order valence-corrected chi connectivity index (χ1v) is 7.37. The lowest BCUT2D eigenvalue weighted by molar-refractivity contribution is 0.528. The Morgan fingerprint density at radius 1 is 1.47 bits per heavy atom. The largest absolute Gasteiger partial charge is 0.322 e. The van der Waals surface area contributed by atoms with E-state index in [1.54, 1.807) is 22.7 Å². The molecule has 0 fully saturated rings. The molecule has 2 atom stereocenters. The molecule has 0 aliphatic heterocycles. The number of thiazole rings is 1. The van der Waals surface area contributed by atoms with Gasteiger partial charge in [-0.25, -0.2) is 4.98 Å². The molecule has 0 amide bonds. The van der Waals surface area contributed by atoms with E-state index in [9.17, 15) is 0 Å². The van der Waals surface area contributed by atoms with Gasteiger partial charge in [0.15, 0.2) is 0 Å². The molecule has 0 bridgehead atoms. The number of hydrogen-bond acceptors (Lipinski definition) is 5. The SMILES string of the molecule is Cc1csc(C(C)NCC(N)c2cccs2)n1. The molecule has 3 nitrogen and oxygen atoms in total. The van der Waals surface area contributed by atoms with Crippen molar-refractivity contribution in [3.63, 3.8) is 0 Å². The molecule has 3 N–H and O–H groups in total. The Morgan fingerprint density at radius 2 is 2.29 bits per heavy atom. The van der Waals surface area contributed by atoms with E-state index in [-0.39, 0.29) is 12.1 Å². The summed E-state index contributed by atoms with van der Waals surface area (Å²) < 4.78 is 0. The van der Waals surface area contributed by atoms with Crippen LogP contribution in [0.5, 0.6) is 0 Å². The third-order valence-corrected chi connectivity index (χ3v) is 4.71. The van der Waals surface area contributed by atoms with E-state index < -0.39 is 0 Å². The molecule has 0 radical (unpaired) electrons. The van der Waals surface area contributed by atoms with Crippen LogP contribution in [0.3, 0.4) is 0 Å². The standard InChI is InChI=1S/C12H17N3S2/c1-8-7-17-12(15-8)9(2)14-6-10(13)11-4-3-5-16-11/h3-5,7,9-10,14H,6,13H2,1-2H3. The fourth-order valence-electron chi connectivity index (χ4n) is 1.56. The van der Waals surface area contributed by atoms with Crippen molar-refractivity contribution < 1.29 is 0 Å². The van der Waals surface area contributed by atoms with Gasteiger partial charge in [0, 0.05) is 22.5 Å². The highest BCUT2D eigenvalue weighted by molar-refractivity contribution is 7.10. The first-order chi connectivity index (χ1) is 8.16. The summed E-state index contributed by atoms with van der Waals surface area (Å²) in [6, 6.07) is 4.45. The summed E-state index contributed by atoms with van der Waals surface area (Å²) in [6.45, 7) is 4.92. The third kappa shape index (κ3) is 3.35. The Bertz CT molecular complexity index is 450. The van der Waals surface area contributed by atoms with Gasteiger partial charge in [-0.05, 0) is 25.3 Å². The van der Waals surface area contributed by atoms with Crippen LogP contribution in [0.1, 0.15) is 34.6 Å². The van der Waals surface area contributed by atoms with Gasteiger partial charge in [0.2, 0.25) is 0 Å². The highest BCUT2D eigenvalue weighted by atomic mass is 32.1. The molecule has 0 aliphatic rings. The molecule has 92 valence electrons. The molecule has 0 spiro atoms. The maximum absolute atomic E-state index is 6.10. The summed E-state index contributed by atoms with van der Waals surface area (Å²) in [4.78, 5) is 5.69. The first-order valence-electron chi connectivity index (χ1n) is 5.61. The Morgan fingerprint density at radius 3 is 2.88 bits per heavy atom. The first kappa shape index (κ1) is 12.7. The minimum Gasteiger partial charge on any atom is -0.322 e. The van der Waals surface area contributed by atoms with Crippen molar-refractivity contribution in [1.29, 1.82) is 0 Å². The second kappa shape index (κ2) is 5.73. The van der Waals surface area contributed by atoms with Gasteiger partial charge >= 0.3 is 0 Å². The topological polar surface area (TPSA) is 50.9 Å². The van der Waals surface area contributed by atoms with Gasteiger partial charge < -0.3 is 11.1 Å². The number of nitrogens with zero attached hydrogens (tertiary/aromatic N) is 1. The summed E-state index contributed by atoms with van der Waals surface area (Å²) in [5.74, 6) is 0. The van der Waals surface area contributed by atoms with Crippen LogP contribution in [0.4, 0.5) is 0 Å². The van der Waals surface area contributed by atoms with Crippen molar-refractivity contribution in [2.24, 2.45) is 5.73 Å². The maximum atomic E-state index is 6.10. The quantitative estimate of drug-likeness (QED) is 0.876. The fraction of sp³-hybridized carbons (Fsp3) is 0.417. The van der Waals surface area contributed by atoms with E-state index in [0.29, 0.717) is 0 Å². The molecular formula is C12H17N3S2. The highest BCUT2D eigenvalue weighted by Crippen LogP contribution is 2.19. The number of thiophene rings is 1. The van der Waals surface area contributed by atoms with Crippen LogP contribution in [0, 0.1) is 6.92 Å². The zero-order valence-corrected chi connectivity index (χ0v) is 11.6. The molecule has 2 unspecified atom stereocenters. The number of nitrogens with two attached hydrogens (primary N) is 1. The lowest BCUT2D eigenvalue weighted by atomic mass is 10.2. The Labute approximate surface area is 110 Å². The van der Waals surface area contributed by atoms with E-state index in [1.807, 2.05) is 13.0 Å². The monoisotopic (exact) mass is 267 g/mol. The summed E-state index contributed by atoms with van der Waals surface area (Å²) >= 11 is 3.40. The smallest absolute Gasteiger partial charge is 0.110 e. The Kier molecular flexibility index (Phi) is 4.28. The molecule has 2 heterocycles. The Hall–Kier alpha value is -0.750. The van der Waals surface area contributed by atoms with E-state index in [0.717, 1.165) is 17.2 Å². The van der Waals surface area contributed by atoms with Crippen molar-refractivity contribution in [3.05, 3.63) is 38.5 Å². The predicted octanol–water partition coefficient (Wildman–Crippen LogP) is 2.86. The third-order valence-electron chi connectivity index (χ3n) is 2.56. The lowest BCUT2D eigenvalue weighted by Crippen LogP contribution is -2.28. The van der Waals surface area contributed by atoms with Gasteiger partial charge in [-0.3, -0.25) is 0 Å². The number of rotatable bonds is 5. The van der Waals surface area contributed by atoms with Gasteiger partial charge in [-0.2, -0.15) is 0 Å². The van der Waals surface area contributed by atoms with Crippen molar-refractivity contribution in [2.45, 2.75) is 25.9 Å². The maximum Gasteiger partial charge on any atom is 0.110 e. The van der Waals surface area contributed by atoms with Crippen LogP contribution >= 0.6 is 22.7 Å². The van der Waals surface area contributed by atoms with Crippen molar-refractivity contribution in [3.8, 4) is 0 Å². The van der Waals surface area contributed by atoms with E-state index in [2.05, 4.69) is 34.1 Å². The molecular weight excluding hydrogens is 250 g/mol. The van der Waals surface area contributed by atoms with Crippen LogP contribution in [0.15, 0.2) is 22.9 Å². The molecule has 5 heteroatoms. The van der Waals surface area contributed by atoms with Crippen molar-refractivity contribution in [1.82, 2.24) is 10.3 Å². The Balaban J connectivity index is 1.86. The van der Waals surface area contributed by atoms with Crippen molar-refractivity contribution >= 4 is 22.7 Å². The van der Waals surface area contributed by atoms with Crippen LogP contribution in [0.2, 0.25) is 0 Å². The van der Waals surface area contributed by atoms with Gasteiger partial charge in [-0.15, -0.1) is 22.7 Å². The average Bonchev–Trinajstić information content (AvgIpc) is 2.95. The second-order valence-electron chi connectivity index (χ2n) is 4.08. The number of aryl methyl sites for hydroxylation is 1. The summed E-state index contributed by atoms with van der Waals surface area (Å²) in [5, 5.41) is 8.69. The minimum absolute atomic E-state index is 0.0681. The molecule has 0 saturated carbocycles. The van der Waals surface area contributed by atoms with Crippen LogP contribution < -0.4 is 11.1 Å². The zero-order valence-electron chi connectivity index (χ0n) is 10.0. The normalized spacial score (nSPS) is 14.8. The van der Waals surface area contributed by atoms with Gasteiger partial charge in [-0.1, -0.05) is 6.07 Å². The van der Waals surface area contributed by atoms with Crippen LogP contribution in [-0.4, -0.2) is 11.5 Å². The van der Waals surface area contributed by atoms with Gasteiger partial charge in [0.25, 0.3) is 0 Å². The molecule has 0 aliphatic carbocycles. The summed E-state index contributed by atoms with van der Waals surface area (Å²) in [6.07, 6.45) is 0. The number of aromatic nitrogens is 1. The fourth-order valence-corrected chi connectivity index (χ4v) is 3.12. The number of nitrogens with one attached hydrogen (secondary N) is 1. The average molecular weight is 267 g/mol. The van der Waals surface area contributed by atoms with E-state index in [1.165, 1.54) is 4.88 Å². The molecule has 0 saturated heterocycles. The highest BCUT2D eigenvalue weighted by Gasteiger charge is 2.12. The van der Waals surface area contributed by atoms with Crippen LogP contribution in [-0.2, 0) is 0 Å². The zero-order chi connectivity index (χ0) is 12.3. The summed E-state index contributed by atoms with van der Waals surface area (Å²) in [5.41, 5.74) is 7.19. The molecule has 0 aromatic carbocycles. The van der Waals surface area contributed by atoms with Gasteiger partial charge in [0.1, 0.15) is 5.01 Å². The second-order valence-corrected chi connectivity index (χ2v) is 5.95. The van der Waals surface area contributed by atoms with Crippen LogP contribution in [0.25, 0.3) is 0 Å². The van der Waals surface area contributed by atoms with Crippen molar-refractivity contribution in [2.75, 3.05) is 6.54 Å². The minimum atomic E-state index is 0.0681. The van der Waals surface area contributed by atoms with Gasteiger partial charge in [0.05, 0.1) is 12.1 Å². The predicted molar refractivity (Wildman–Crippen MR) is 74.5 cm³/mol. The van der Waals surface area contributed by atoms with E-state index >= 15 is 0 Å². The molecule has 17 heavy (non-hydrogen) atoms. The lowest BCUT2D eigenvalue weighted by Gasteiger charge is -2.15. The molecule has 2 aromatic heterocycles. The summed E-state index contributed by atoms with van der Waals surface area (Å²) in [7, 11) is 0. The number of hydrogen-bond donors (Lipinski definition) is 2. The molecule has 2 rings (SSSR count).